The van der Waals surface area contributed by atoms with E-state index >= 15 is 0 Å². The third kappa shape index (κ3) is 8.44. The number of hydrogen-bond donors (Lipinski definition) is 1. The van der Waals surface area contributed by atoms with Crippen LogP contribution in [-0.2, 0) is 9.57 Å². The van der Waals surface area contributed by atoms with Crippen molar-refractivity contribution >= 4 is 12.0 Å². The molecule has 1 aromatic rings. The second-order valence-corrected chi connectivity index (χ2v) is 4.29. The van der Waals surface area contributed by atoms with Gasteiger partial charge < -0.3 is 19.4 Å². The van der Waals surface area contributed by atoms with Crippen molar-refractivity contribution in [1.29, 1.82) is 0 Å². The lowest BCUT2D eigenvalue weighted by Gasteiger charge is -2.09. The lowest BCUT2D eigenvalue weighted by atomic mass is 10.1. The van der Waals surface area contributed by atoms with E-state index in [1.807, 2.05) is 43.5 Å². The fraction of sp³-hybridized carbons (Fsp3) is 0.471. The maximum Gasteiger partial charge on any atom is 0.164 e. The number of oxime groups is 1. The Kier molecular flexibility index (Phi) is 12.9. The monoisotopic (exact) mass is 309 g/mol. The van der Waals surface area contributed by atoms with Crippen molar-refractivity contribution in [2.75, 3.05) is 21.0 Å². The van der Waals surface area contributed by atoms with Crippen molar-refractivity contribution in [2.45, 2.75) is 33.1 Å². The van der Waals surface area contributed by atoms with Gasteiger partial charge >= 0.3 is 0 Å². The number of hydrogen-bond acceptors (Lipinski definition) is 5. The van der Waals surface area contributed by atoms with Gasteiger partial charge in [-0.3, -0.25) is 0 Å². The van der Waals surface area contributed by atoms with E-state index in [9.17, 15) is 0 Å². The molecule has 0 spiro atoms. The highest BCUT2D eigenvalue weighted by molar-refractivity contribution is 5.66. The average molecular weight is 309 g/mol. The molecule has 124 valence electrons. The normalized spacial score (nSPS) is 11.0. The van der Waals surface area contributed by atoms with Gasteiger partial charge in [-0.15, -0.1) is 0 Å². The third-order valence-corrected chi connectivity index (χ3v) is 2.68. The van der Waals surface area contributed by atoms with Crippen molar-refractivity contribution in [1.82, 2.24) is 0 Å². The molecule has 0 aliphatic heterocycles. The van der Waals surface area contributed by atoms with Gasteiger partial charge in [-0.25, -0.2) is 0 Å². The maximum atomic E-state index is 7.65. The fourth-order valence-electron chi connectivity index (χ4n) is 1.55. The van der Waals surface area contributed by atoms with Crippen molar-refractivity contribution in [3.63, 3.8) is 0 Å². The van der Waals surface area contributed by atoms with Gasteiger partial charge in [-0.2, -0.15) is 0 Å². The summed E-state index contributed by atoms with van der Waals surface area (Å²) < 4.78 is 9.40. The van der Waals surface area contributed by atoms with Crippen molar-refractivity contribution in [3.05, 3.63) is 35.9 Å². The van der Waals surface area contributed by atoms with E-state index in [4.69, 9.17) is 14.7 Å². The smallest absolute Gasteiger partial charge is 0.164 e. The predicted molar refractivity (Wildman–Crippen MR) is 89.8 cm³/mol. The molecule has 0 amide bonds. The molecule has 0 bridgehead atoms. The molecule has 0 saturated heterocycles. The first-order valence-electron chi connectivity index (χ1n) is 7.33. The van der Waals surface area contributed by atoms with Crippen LogP contribution in [0.4, 0.5) is 0 Å². The summed E-state index contributed by atoms with van der Waals surface area (Å²) in [7, 11) is 3.08. The molecule has 0 aliphatic rings. The van der Waals surface area contributed by atoms with E-state index in [-0.39, 0.29) is 6.79 Å². The summed E-state index contributed by atoms with van der Waals surface area (Å²) in [6.07, 6.45) is 6.93. The number of allylic oxidation sites excluding steroid dienone is 1. The highest BCUT2D eigenvalue weighted by Gasteiger charge is 2.08. The molecule has 1 rings (SSSR count). The van der Waals surface area contributed by atoms with E-state index in [2.05, 4.69) is 16.8 Å². The Labute approximate surface area is 133 Å². The number of aliphatic hydroxyl groups is 1. The number of aliphatic hydroxyl groups excluding tert-OH is 1. The second kappa shape index (κ2) is 14.1. The molecule has 0 fully saturated rings. The number of ether oxygens (including phenoxy) is 2. The van der Waals surface area contributed by atoms with Crippen LogP contribution in [0.2, 0.25) is 0 Å². The molecule has 0 unspecified atom stereocenters. The Morgan fingerprint density at radius 3 is 2.50 bits per heavy atom. The van der Waals surface area contributed by atoms with Gasteiger partial charge in [-0.1, -0.05) is 30.6 Å². The number of benzene rings is 1. The minimum atomic E-state index is -0.181. The molecule has 0 radical (unpaired) electrons. The van der Waals surface area contributed by atoms with E-state index in [1.165, 1.54) is 7.11 Å². The zero-order valence-electron chi connectivity index (χ0n) is 13.9. The summed E-state index contributed by atoms with van der Waals surface area (Å²) in [5, 5.41) is 11.6. The zero-order chi connectivity index (χ0) is 16.6. The van der Waals surface area contributed by atoms with Crippen LogP contribution in [-0.4, -0.2) is 32.3 Å². The van der Waals surface area contributed by atoms with E-state index < -0.39 is 0 Å². The Hall–Kier alpha value is -1.85. The van der Waals surface area contributed by atoms with Gasteiger partial charge in [0.15, 0.2) is 5.76 Å². The predicted octanol–water partition coefficient (Wildman–Crippen LogP) is 3.83. The number of rotatable bonds is 8. The van der Waals surface area contributed by atoms with Gasteiger partial charge in [-0.05, 0) is 38.0 Å². The molecule has 1 aromatic carbocycles. The van der Waals surface area contributed by atoms with Gasteiger partial charge in [0.05, 0.1) is 12.7 Å². The Bertz CT molecular complexity index is 442. The lowest BCUT2D eigenvalue weighted by molar-refractivity contribution is 0.0325. The largest absolute Gasteiger partial charge is 0.496 e. The van der Waals surface area contributed by atoms with Gasteiger partial charge in [0.25, 0.3) is 0 Å². The molecular formula is C17H27NO4. The van der Waals surface area contributed by atoms with E-state index in [0.717, 1.165) is 30.6 Å². The first-order chi connectivity index (χ1) is 10.7. The number of para-hydroxylation sites is 1. The molecular weight excluding hydrogens is 282 g/mol. The van der Waals surface area contributed by atoms with Crippen molar-refractivity contribution < 1.29 is 19.4 Å². The molecule has 0 heterocycles. The topological polar surface area (TPSA) is 60.3 Å². The summed E-state index contributed by atoms with van der Waals surface area (Å²) in [5.41, 5.74) is 0.912. The fourth-order valence-corrected chi connectivity index (χ4v) is 1.55. The van der Waals surface area contributed by atoms with Crippen molar-refractivity contribution in [2.24, 2.45) is 5.16 Å². The quantitative estimate of drug-likeness (QED) is 0.261. The zero-order valence-corrected chi connectivity index (χ0v) is 13.9. The van der Waals surface area contributed by atoms with Gasteiger partial charge in [0.1, 0.15) is 12.5 Å². The molecule has 5 nitrogen and oxygen atoms in total. The van der Waals surface area contributed by atoms with E-state index in [0.29, 0.717) is 5.76 Å². The van der Waals surface area contributed by atoms with Crippen LogP contribution in [0.3, 0.4) is 0 Å². The highest BCUT2D eigenvalue weighted by atomic mass is 16.6. The van der Waals surface area contributed by atoms with Crippen LogP contribution in [0.5, 0.6) is 5.75 Å². The van der Waals surface area contributed by atoms with Crippen LogP contribution >= 0.6 is 0 Å². The summed E-state index contributed by atoms with van der Waals surface area (Å²) in [5.74, 6) is 1.49. The summed E-state index contributed by atoms with van der Waals surface area (Å²) in [6.45, 7) is 3.89. The molecule has 22 heavy (non-hydrogen) atoms. The number of nitrogens with zero attached hydrogens (tertiary/aromatic N) is 1. The first-order valence-corrected chi connectivity index (χ1v) is 7.33. The third-order valence-electron chi connectivity index (χ3n) is 2.68. The second-order valence-electron chi connectivity index (χ2n) is 4.29. The average Bonchev–Trinajstić information content (AvgIpc) is 2.58. The molecule has 5 heteroatoms. The maximum absolute atomic E-state index is 7.65. The summed E-state index contributed by atoms with van der Waals surface area (Å²) >= 11 is 0. The number of unbranched alkanes of at least 4 members (excludes halogenated alkanes) is 2. The van der Waals surface area contributed by atoms with Gasteiger partial charge in [0.2, 0.25) is 0 Å². The lowest BCUT2D eigenvalue weighted by Crippen LogP contribution is -1.93. The van der Waals surface area contributed by atoms with Gasteiger partial charge in [0, 0.05) is 13.3 Å². The summed E-state index contributed by atoms with van der Waals surface area (Å²) in [4.78, 5) is 5.42. The SMILES string of the molecule is C/C=C(\O/N=C/CCCC)c1ccccc1OC.COCO. The Balaban J connectivity index is 0.000000980. The van der Waals surface area contributed by atoms with Crippen LogP contribution in [0, 0.1) is 0 Å². The minimum Gasteiger partial charge on any atom is -0.496 e. The highest BCUT2D eigenvalue weighted by Crippen LogP contribution is 2.26. The van der Waals surface area contributed by atoms with Crippen LogP contribution in [0.15, 0.2) is 35.5 Å². The molecule has 0 aromatic heterocycles. The summed E-state index contributed by atoms with van der Waals surface area (Å²) in [6, 6.07) is 7.74. The molecule has 0 saturated carbocycles. The molecule has 1 N–H and O–H groups in total. The van der Waals surface area contributed by atoms with Crippen LogP contribution < -0.4 is 4.74 Å². The first kappa shape index (κ1) is 20.1. The number of methoxy groups -OCH3 is 2. The van der Waals surface area contributed by atoms with E-state index in [1.54, 1.807) is 7.11 Å². The van der Waals surface area contributed by atoms with Crippen LogP contribution in [0.25, 0.3) is 5.76 Å². The Morgan fingerprint density at radius 1 is 1.27 bits per heavy atom. The minimum absolute atomic E-state index is 0.181. The van der Waals surface area contributed by atoms with Crippen molar-refractivity contribution in [3.8, 4) is 5.75 Å². The Morgan fingerprint density at radius 2 is 1.95 bits per heavy atom. The molecule has 0 atom stereocenters. The molecule has 0 aliphatic carbocycles. The standard InChI is InChI=1S/C15H21NO2.C2H6O2/c1-4-6-9-12-16-18-14(5-2)13-10-7-8-11-15(13)17-3;1-4-2-3/h5,7-8,10-12H,4,6,9H2,1-3H3;3H,2H2,1H3/b14-5-,16-12+;. The van der Waals surface area contributed by atoms with Crippen LogP contribution in [0.1, 0.15) is 38.7 Å².